The van der Waals surface area contributed by atoms with E-state index in [1.165, 1.54) is 25.3 Å². The third-order valence-electron chi connectivity index (χ3n) is 3.99. The van der Waals surface area contributed by atoms with Crippen LogP contribution in [0.3, 0.4) is 0 Å². The Labute approximate surface area is 141 Å². The third-order valence-corrected chi connectivity index (χ3v) is 6.90. The van der Waals surface area contributed by atoms with E-state index in [1.807, 2.05) is 6.92 Å². The van der Waals surface area contributed by atoms with E-state index < -0.39 is 38.6 Å². The molecule has 0 aliphatic carbocycles. The van der Waals surface area contributed by atoms with Crippen molar-refractivity contribution in [3.8, 4) is 0 Å². The van der Waals surface area contributed by atoms with E-state index in [0.717, 1.165) is 9.87 Å². The van der Waals surface area contributed by atoms with Crippen LogP contribution < -0.4 is 4.72 Å². The van der Waals surface area contributed by atoms with Gasteiger partial charge < -0.3 is 4.74 Å². The van der Waals surface area contributed by atoms with Gasteiger partial charge in [0.2, 0.25) is 10.0 Å². The molecule has 1 aromatic rings. The molecule has 24 heavy (non-hydrogen) atoms. The van der Waals surface area contributed by atoms with E-state index in [2.05, 4.69) is 4.72 Å². The van der Waals surface area contributed by atoms with Crippen molar-refractivity contribution in [2.24, 2.45) is 0 Å². The molecule has 0 saturated carbocycles. The minimum Gasteiger partial charge on any atom is -0.362 e. The lowest BCUT2D eigenvalue weighted by Gasteiger charge is -2.42. The molecule has 10 heteroatoms. The number of ether oxygens (including phenoxy) is 1. The molecule has 0 unspecified atom stereocenters. The Kier molecular flexibility index (Phi) is 4.53. The van der Waals surface area contributed by atoms with Gasteiger partial charge in [0.1, 0.15) is 6.23 Å². The molecule has 0 spiro atoms. The molecule has 1 N–H and O–H groups in total. The first-order valence-electron chi connectivity index (χ1n) is 7.22. The Morgan fingerprint density at radius 2 is 1.92 bits per heavy atom. The zero-order chi connectivity index (χ0) is 17.5. The molecule has 1 saturated heterocycles. The van der Waals surface area contributed by atoms with Crippen molar-refractivity contribution in [1.29, 1.82) is 0 Å². The highest BCUT2D eigenvalue weighted by molar-refractivity contribution is 7.89. The van der Waals surface area contributed by atoms with E-state index in [0.29, 0.717) is 0 Å². The SMILES string of the molecule is CO[C@H]1C=C[C@H]2NS(=O)(=O)OC[C@H]2N1S(=O)(=O)c1ccc(C)cc1. The smallest absolute Gasteiger partial charge is 0.336 e. The average molecular weight is 374 g/mol. The number of benzene rings is 1. The minimum absolute atomic E-state index is 0.109. The number of aryl methyl sites for hydroxylation is 1. The molecule has 0 bridgehead atoms. The van der Waals surface area contributed by atoms with Crippen LogP contribution in [0.4, 0.5) is 0 Å². The number of nitrogens with zero attached hydrogens (tertiary/aromatic N) is 1. The fourth-order valence-corrected chi connectivity index (χ4v) is 5.42. The first-order valence-corrected chi connectivity index (χ1v) is 10.1. The van der Waals surface area contributed by atoms with Gasteiger partial charge in [-0.25, -0.2) is 8.42 Å². The molecule has 2 heterocycles. The molecule has 2 aliphatic heterocycles. The van der Waals surface area contributed by atoms with Gasteiger partial charge >= 0.3 is 10.3 Å². The van der Waals surface area contributed by atoms with Crippen molar-refractivity contribution in [2.45, 2.75) is 30.1 Å². The number of methoxy groups -OCH3 is 1. The summed E-state index contributed by atoms with van der Waals surface area (Å²) in [5.41, 5.74) is 0.933. The molecular weight excluding hydrogens is 356 g/mol. The maximum absolute atomic E-state index is 13.1. The maximum atomic E-state index is 13.1. The van der Waals surface area contributed by atoms with Gasteiger partial charge in [-0.2, -0.15) is 17.4 Å². The lowest BCUT2D eigenvalue weighted by molar-refractivity contribution is 0.00440. The van der Waals surface area contributed by atoms with Crippen LogP contribution in [0.2, 0.25) is 0 Å². The first-order chi connectivity index (χ1) is 11.2. The van der Waals surface area contributed by atoms with E-state index in [9.17, 15) is 16.8 Å². The summed E-state index contributed by atoms with van der Waals surface area (Å²) in [6, 6.07) is 4.97. The summed E-state index contributed by atoms with van der Waals surface area (Å²) >= 11 is 0. The van der Waals surface area contributed by atoms with E-state index in [1.54, 1.807) is 18.2 Å². The van der Waals surface area contributed by atoms with Crippen LogP contribution >= 0.6 is 0 Å². The molecular formula is C14H18N2O6S2. The van der Waals surface area contributed by atoms with Gasteiger partial charge in [0.05, 0.1) is 23.6 Å². The Hall–Kier alpha value is -1.30. The van der Waals surface area contributed by atoms with E-state index in [-0.39, 0.29) is 11.5 Å². The van der Waals surface area contributed by atoms with Crippen LogP contribution in [0.15, 0.2) is 41.3 Å². The third kappa shape index (κ3) is 3.13. The summed E-state index contributed by atoms with van der Waals surface area (Å²) in [4.78, 5) is 0.109. The van der Waals surface area contributed by atoms with Gasteiger partial charge in [-0.1, -0.05) is 23.8 Å². The number of rotatable bonds is 3. The van der Waals surface area contributed by atoms with Crippen LogP contribution in [-0.2, 0) is 29.2 Å². The number of fused-ring (bicyclic) bond motifs is 1. The summed E-state index contributed by atoms with van der Waals surface area (Å²) in [5, 5.41) is 0. The zero-order valence-corrected chi connectivity index (χ0v) is 14.7. The molecule has 132 valence electrons. The number of hydrogen-bond acceptors (Lipinski definition) is 6. The van der Waals surface area contributed by atoms with Crippen LogP contribution in [-0.4, -0.2) is 53.2 Å². The van der Waals surface area contributed by atoms with Crippen LogP contribution in [0, 0.1) is 6.92 Å². The normalized spacial score (nSPS) is 30.0. The summed E-state index contributed by atoms with van der Waals surface area (Å²) in [6.07, 6.45) is 2.25. The van der Waals surface area contributed by atoms with Gasteiger partial charge in [-0.15, -0.1) is 0 Å². The topological polar surface area (TPSA) is 102 Å². The first kappa shape index (κ1) is 17.5. The van der Waals surface area contributed by atoms with Crippen molar-refractivity contribution < 1.29 is 25.8 Å². The zero-order valence-electron chi connectivity index (χ0n) is 13.1. The number of sulfonamides is 1. The lowest BCUT2D eigenvalue weighted by Crippen LogP contribution is -2.63. The standard InChI is InChI=1S/C14H18N2O6S2/c1-10-3-5-11(6-4-10)23(17,18)16-13-9-22-24(19,20)15-12(13)7-8-14(16)21-2/h3-8,12-15H,9H2,1-2H3/t12-,13-,14+/m1/s1. The van der Waals surface area contributed by atoms with Gasteiger partial charge in [0.15, 0.2) is 0 Å². The number of nitrogens with one attached hydrogen (secondary N) is 1. The average Bonchev–Trinajstić information content (AvgIpc) is 2.53. The Balaban J connectivity index is 2.03. The molecule has 0 aromatic heterocycles. The quantitative estimate of drug-likeness (QED) is 0.755. The molecule has 3 rings (SSSR count). The van der Waals surface area contributed by atoms with Crippen molar-refractivity contribution in [1.82, 2.24) is 9.03 Å². The minimum atomic E-state index is -3.91. The van der Waals surface area contributed by atoms with Crippen LogP contribution in [0.5, 0.6) is 0 Å². The second kappa shape index (κ2) is 6.21. The summed E-state index contributed by atoms with van der Waals surface area (Å²) in [5.74, 6) is 0. The van der Waals surface area contributed by atoms with Gasteiger partial charge in [-0.3, -0.25) is 4.18 Å². The number of hydrogen-bond donors (Lipinski definition) is 1. The molecule has 2 aliphatic rings. The van der Waals surface area contributed by atoms with Crippen molar-refractivity contribution in [3.63, 3.8) is 0 Å². The van der Waals surface area contributed by atoms with Crippen molar-refractivity contribution in [3.05, 3.63) is 42.0 Å². The second-order valence-electron chi connectivity index (χ2n) is 5.61. The molecule has 8 nitrogen and oxygen atoms in total. The fraction of sp³-hybridized carbons (Fsp3) is 0.429. The van der Waals surface area contributed by atoms with Gasteiger partial charge in [0, 0.05) is 7.11 Å². The van der Waals surface area contributed by atoms with Gasteiger partial charge in [-0.05, 0) is 25.1 Å². The van der Waals surface area contributed by atoms with E-state index in [4.69, 9.17) is 8.92 Å². The highest BCUT2D eigenvalue weighted by atomic mass is 32.2. The highest BCUT2D eigenvalue weighted by Gasteiger charge is 2.46. The lowest BCUT2D eigenvalue weighted by atomic mass is 10.1. The molecule has 1 aromatic carbocycles. The summed E-state index contributed by atoms with van der Waals surface area (Å²) in [6.45, 7) is 1.58. The van der Waals surface area contributed by atoms with E-state index >= 15 is 0 Å². The predicted molar refractivity (Wildman–Crippen MR) is 85.7 cm³/mol. The Morgan fingerprint density at radius 3 is 2.54 bits per heavy atom. The monoisotopic (exact) mass is 374 g/mol. The Bertz CT molecular complexity index is 848. The van der Waals surface area contributed by atoms with Crippen molar-refractivity contribution >= 4 is 20.3 Å². The fourth-order valence-electron chi connectivity index (χ4n) is 2.76. The Morgan fingerprint density at radius 1 is 1.25 bits per heavy atom. The molecule has 0 amide bonds. The van der Waals surface area contributed by atoms with Crippen LogP contribution in [0.1, 0.15) is 5.56 Å². The van der Waals surface area contributed by atoms with Crippen molar-refractivity contribution in [2.75, 3.05) is 13.7 Å². The molecule has 0 radical (unpaired) electrons. The second-order valence-corrected chi connectivity index (χ2v) is 8.83. The van der Waals surface area contributed by atoms with Gasteiger partial charge in [0.25, 0.3) is 0 Å². The van der Waals surface area contributed by atoms with Crippen LogP contribution in [0.25, 0.3) is 0 Å². The summed E-state index contributed by atoms with van der Waals surface area (Å²) in [7, 11) is -6.40. The summed E-state index contributed by atoms with van der Waals surface area (Å²) < 4.78 is 62.7. The molecule has 3 atom stereocenters. The largest absolute Gasteiger partial charge is 0.362 e. The maximum Gasteiger partial charge on any atom is 0.336 e. The predicted octanol–water partition coefficient (Wildman–Crippen LogP) is 0.130. The molecule has 1 fully saturated rings. The highest BCUT2D eigenvalue weighted by Crippen LogP contribution is 2.29.